The van der Waals surface area contributed by atoms with Gasteiger partial charge in [0.25, 0.3) is 0 Å². The lowest BCUT2D eigenvalue weighted by molar-refractivity contribution is 0.482. The van der Waals surface area contributed by atoms with Crippen LogP contribution in [-0.2, 0) is 27.0 Å². The topological polar surface area (TPSA) is 26.3 Å². The normalized spacial score (nSPS) is 10.6. The predicted molar refractivity (Wildman–Crippen MR) is 569 cm³/mol. The molecule has 16 aromatic carbocycles. The van der Waals surface area contributed by atoms with Crippen molar-refractivity contribution in [1.29, 1.82) is 0 Å². The summed E-state index contributed by atoms with van der Waals surface area (Å²) in [4.78, 5) is 1.71. The van der Waals surface area contributed by atoms with Crippen LogP contribution in [0.5, 0.6) is 11.5 Å². The van der Waals surface area contributed by atoms with Gasteiger partial charge >= 0.3 is 0 Å². The van der Waals surface area contributed by atoms with Crippen molar-refractivity contribution in [2.45, 2.75) is 234 Å². The fraction of sp³-hybridized carbons (Fsp3) is 0.260. The van der Waals surface area contributed by atoms with Gasteiger partial charge in [0.05, 0.1) is 10.8 Å². The maximum atomic E-state index is 12.2. The van der Waals surface area contributed by atoms with E-state index < -0.39 is 10.8 Å². The third kappa shape index (κ3) is 33.7. The Morgan fingerprint density at radius 2 is 0.385 bits per heavy atom. The lowest BCUT2D eigenvalue weighted by Crippen LogP contribution is -2.19. The van der Waals surface area contributed by atoms with Crippen LogP contribution in [0.3, 0.4) is 0 Å². The molecule has 0 unspecified atom stereocenters. The zero-order valence-corrected chi connectivity index (χ0v) is 85.0. The van der Waals surface area contributed by atoms with Crippen molar-refractivity contribution >= 4 is 21.6 Å². The molecule has 3 heteroatoms. The molecule has 0 fully saturated rings. The van der Waals surface area contributed by atoms with Gasteiger partial charge in [-0.25, -0.2) is 4.21 Å². The van der Waals surface area contributed by atoms with E-state index in [9.17, 15) is 4.21 Å². The molecular weight excluding hydrogens is 1590 g/mol. The Balaban J connectivity index is 0.000000200. The Morgan fingerprint density at radius 1 is 0.177 bits per heavy atom. The lowest BCUT2D eigenvalue weighted by atomic mass is 9.76. The van der Waals surface area contributed by atoms with Crippen LogP contribution in [0.4, 0.5) is 0 Å². The molecule has 0 aromatic heterocycles. The van der Waals surface area contributed by atoms with Crippen molar-refractivity contribution in [2.24, 2.45) is 0 Å². The van der Waals surface area contributed by atoms with Gasteiger partial charge in [-0.15, -0.1) is 0 Å². The summed E-state index contributed by atoms with van der Waals surface area (Å²) in [6.07, 6.45) is 0. The van der Waals surface area contributed by atoms with Crippen LogP contribution >= 0.6 is 0 Å². The standard InChI is InChI=1S/C19H24.2C17H20.C14H14OS.C14H14O.C12H12.2C9H12.2C8H10/c1-13-7-9-17(11-15(13)3)19(5,6)18-10-8-14(2)16(4)12-18;2*1-13-5-9-15(10-6-13)17(3,4)16-11-7-14(2)8-12-16;1-11-3-7-13(8-4-11)16(15)14-9-5-12(2)6-10-14;1-11-3-7-13(8-4-11)15-14-9-5-12(2)6-10-14;1-9-5-3-8-12-10(2)6-4-7-11(9)12;1-7-4-5-8(2)9(3)6-7;1-7-5-4-6-8(2)9(7)3;1-7-3-5-8(2)6-4-7;1-7-4-3-5-8(2)6-7/h7-12H,1-6H3;2*5-12H,1-4H3;3-10H,1-2H3;3-10H,1-2H3;3-8H,1-2H3;2*4-6H,1-3H3;2*3-6H,1-2H3. The van der Waals surface area contributed by atoms with Gasteiger partial charge in [0, 0.05) is 26.0 Å². The second kappa shape index (κ2) is 50.6. The molecule has 0 atom stereocenters. The Hall–Kier alpha value is -12.3. The molecule has 0 saturated heterocycles. The van der Waals surface area contributed by atoms with Gasteiger partial charge < -0.3 is 4.74 Å². The molecule has 0 aliphatic heterocycles. The molecule has 16 aromatic rings. The Labute approximate surface area is 788 Å². The molecule has 130 heavy (non-hydrogen) atoms. The number of hydrogen-bond acceptors (Lipinski definition) is 2. The van der Waals surface area contributed by atoms with Gasteiger partial charge in [-0.05, 0) is 320 Å². The minimum absolute atomic E-state index is 0.0525. The SMILES string of the molecule is Cc1ccc(C(C)(C)c2ccc(C)c(C)c2)cc1C.Cc1ccc(C(C)(C)c2ccc(C)cc2)cc1.Cc1ccc(C(C)(C)c2ccc(C)cc2)cc1.Cc1ccc(C)c(C)c1.Cc1ccc(C)cc1.Cc1ccc(Oc2ccc(C)cc2)cc1.Cc1ccc(S(=O)c2ccc(C)cc2)cc1.Cc1cccc(C)c1.Cc1cccc(C)c1C.Cc1cccc2c(C)cccc12. The van der Waals surface area contributed by atoms with E-state index in [1.54, 1.807) is 0 Å². The molecule has 674 valence electrons. The smallest absolute Gasteiger partial charge is 0.127 e. The summed E-state index contributed by atoms with van der Waals surface area (Å²) >= 11 is 0. The summed E-state index contributed by atoms with van der Waals surface area (Å²) in [6.45, 7) is 64.7. The van der Waals surface area contributed by atoms with Crippen molar-refractivity contribution in [1.82, 2.24) is 0 Å². The Bertz CT molecular complexity index is 5720. The van der Waals surface area contributed by atoms with Crippen LogP contribution in [-0.4, -0.2) is 4.21 Å². The largest absolute Gasteiger partial charge is 0.457 e. The van der Waals surface area contributed by atoms with Crippen LogP contribution in [0.1, 0.15) is 208 Å². The molecule has 0 N–H and O–H groups in total. The van der Waals surface area contributed by atoms with Crippen molar-refractivity contribution < 1.29 is 8.95 Å². The maximum Gasteiger partial charge on any atom is 0.127 e. The quantitative estimate of drug-likeness (QED) is 0.136. The van der Waals surface area contributed by atoms with E-state index in [0.29, 0.717) is 0 Å². The van der Waals surface area contributed by atoms with Crippen LogP contribution in [0.25, 0.3) is 10.8 Å². The molecule has 0 radical (unpaired) electrons. The number of ether oxygens (including phenoxy) is 1. The highest BCUT2D eigenvalue weighted by atomic mass is 32.2. The summed E-state index contributed by atoms with van der Waals surface area (Å²) in [5.41, 5.74) is 40.3. The molecule has 0 saturated carbocycles. The first-order valence-corrected chi connectivity index (χ1v) is 47.0. The molecule has 0 amide bonds. The fourth-order valence-electron chi connectivity index (χ4n) is 14.3. The zero-order valence-electron chi connectivity index (χ0n) is 84.2. The van der Waals surface area contributed by atoms with Gasteiger partial charge in [-0.2, -0.15) is 0 Å². The summed E-state index contributed by atoms with van der Waals surface area (Å²) < 4.78 is 17.9. The van der Waals surface area contributed by atoms with Crippen LogP contribution in [0.15, 0.2) is 362 Å². The number of hydrogen-bond donors (Lipinski definition) is 0. The number of rotatable bonds is 10. The van der Waals surface area contributed by atoms with E-state index in [1.807, 2.05) is 111 Å². The lowest BCUT2D eigenvalue weighted by Gasteiger charge is -2.27. The summed E-state index contributed by atoms with van der Waals surface area (Å²) in [5.74, 6) is 1.76. The van der Waals surface area contributed by atoms with E-state index in [1.165, 1.54) is 178 Å². The van der Waals surface area contributed by atoms with E-state index in [-0.39, 0.29) is 16.2 Å². The number of fused-ring (bicyclic) bond motifs is 1. The molecule has 0 bridgehead atoms. The Morgan fingerprint density at radius 3 is 0.638 bits per heavy atom. The van der Waals surface area contributed by atoms with E-state index in [0.717, 1.165) is 21.3 Å². The van der Waals surface area contributed by atoms with Gasteiger partial charge in [-0.1, -0.05) is 417 Å². The molecular formula is C127H148O2S. The molecule has 0 aliphatic carbocycles. The maximum absolute atomic E-state index is 12.2. The second-order valence-corrected chi connectivity index (χ2v) is 38.7. The molecule has 0 spiro atoms. The van der Waals surface area contributed by atoms with Gasteiger partial charge in [0.1, 0.15) is 11.5 Å². The van der Waals surface area contributed by atoms with Gasteiger partial charge in [-0.3, -0.25) is 0 Å². The zero-order chi connectivity index (χ0) is 95.6. The highest BCUT2D eigenvalue weighted by Gasteiger charge is 2.26. The van der Waals surface area contributed by atoms with E-state index >= 15 is 0 Å². The highest BCUT2D eigenvalue weighted by molar-refractivity contribution is 7.85. The van der Waals surface area contributed by atoms with Gasteiger partial charge in [0.15, 0.2) is 0 Å². The predicted octanol–water partition coefficient (Wildman–Crippen LogP) is 35.4. The second-order valence-electron chi connectivity index (χ2n) is 37.2. The molecule has 16 rings (SSSR count). The average Bonchev–Trinajstić information content (AvgIpc) is 0.796. The van der Waals surface area contributed by atoms with E-state index in [2.05, 4.69) is 449 Å². The Kier molecular flexibility index (Phi) is 40.8. The first-order chi connectivity index (χ1) is 61.5. The first-order valence-electron chi connectivity index (χ1n) is 45.9. The molecule has 0 heterocycles. The first kappa shape index (κ1) is 105. The highest BCUT2D eigenvalue weighted by Crippen LogP contribution is 2.36. The van der Waals surface area contributed by atoms with Crippen LogP contribution < -0.4 is 4.74 Å². The van der Waals surface area contributed by atoms with Crippen molar-refractivity contribution in [3.63, 3.8) is 0 Å². The van der Waals surface area contributed by atoms with Crippen LogP contribution in [0.2, 0.25) is 0 Å². The number of benzene rings is 16. The minimum Gasteiger partial charge on any atom is -0.457 e. The fourth-order valence-corrected chi connectivity index (χ4v) is 15.3. The molecule has 0 aliphatic rings. The van der Waals surface area contributed by atoms with Crippen molar-refractivity contribution in [3.05, 3.63) is 519 Å². The third-order valence-corrected chi connectivity index (χ3v) is 26.0. The number of aryl methyl sites for hydroxylation is 23. The summed E-state index contributed by atoms with van der Waals surface area (Å²) in [6, 6.07) is 123. The van der Waals surface area contributed by atoms with Crippen molar-refractivity contribution in [2.75, 3.05) is 0 Å². The van der Waals surface area contributed by atoms with Gasteiger partial charge in [0.2, 0.25) is 0 Å². The summed E-state index contributed by atoms with van der Waals surface area (Å²) in [7, 11) is -1.06. The van der Waals surface area contributed by atoms with Crippen molar-refractivity contribution in [3.8, 4) is 11.5 Å². The monoisotopic (exact) mass is 1740 g/mol. The third-order valence-electron chi connectivity index (χ3n) is 24.6. The summed E-state index contributed by atoms with van der Waals surface area (Å²) in [5, 5.41) is 2.75. The average molecular weight is 1740 g/mol. The molecule has 2 nitrogen and oxygen atoms in total. The minimum atomic E-state index is -1.06. The van der Waals surface area contributed by atoms with Crippen LogP contribution in [0, 0.1) is 166 Å². The van der Waals surface area contributed by atoms with E-state index in [4.69, 9.17) is 4.74 Å².